The van der Waals surface area contributed by atoms with Gasteiger partial charge in [0.1, 0.15) is 5.82 Å². The van der Waals surface area contributed by atoms with E-state index in [1.807, 2.05) is 4.90 Å². The quantitative estimate of drug-likeness (QED) is 0.612. The molecule has 1 aromatic carbocycles. The van der Waals surface area contributed by atoms with Crippen molar-refractivity contribution in [1.82, 2.24) is 4.90 Å². The number of carbonyl (C=O) groups is 3. The van der Waals surface area contributed by atoms with Crippen molar-refractivity contribution in [3.05, 3.63) is 30.1 Å². The molecule has 6 nitrogen and oxygen atoms in total. The van der Waals surface area contributed by atoms with Gasteiger partial charge >= 0.3 is 5.97 Å². The average molecular weight is 348 g/mol. The lowest BCUT2D eigenvalue weighted by atomic mass is 9.95. The van der Waals surface area contributed by atoms with Gasteiger partial charge in [0.05, 0.1) is 30.7 Å². The lowest BCUT2D eigenvalue weighted by Crippen LogP contribution is -2.47. The maximum atomic E-state index is 13.1. The third-order valence-corrected chi connectivity index (χ3v) is 4.80. The highest BCUT2D eigenvalue weighted by molar-refractivity contribution is 6.22. The van der Waals surface area contributed by atoms with Gasteiger partial charge in [-0.1, -0.05) is 0 Å². The van der Waals surface area contributed by atoms with Crippen molar-refractivity contribution < 1.29 is 23.5 Å². The second-order valence-electron chi connectivity index (χ2n) is 6.33. The van der Waals surface area contributed by atoms with E-state index in [0.717, 1.165) is 4.90 Å². The van der Waals surface area contributed by atoms with Gasteiger partial charge in [-0.3, -0.25) is 19.3 Å². The molecule has 0 bridgehead atoms. The lowest BCUT2D eigenvalue weighted by Gasteiger charge is -2.33. The first-order valence-corrected chi connectivity index (χ1v) is 8.54. The van der Waals surface area contributed by atoms with E-state index in [1.165, 1.54) is 24.3 Å². The van der Waals surface area contributed by atoms with Gasteiger partial charge in [-0.05, 0) is 57.1 Å². The van der Waals surface area contributed by atoms with Crippen LogP contribution in [0.15, 0.2) is 24.3 Å². The van der Waals surface area contributed by atoms with Crippen molar-refractivity contribution in [2.75, 3.05) is 24.6 Å². The molecule has 2 saturated heterocycles. The van der Waals surface area contributed by atoms with E-state index in [9.17, 15) is 18.8 Å². The molecule has 1 atom stereocenters. The number of likely N-dealkylation sites (tertiary alicyclic amines) is 1. The van der Waals surface area contributed by atoms with Crippen molar-refractivity contribution in [1.29, 1.82) is 0 Å². The second kappa shape index (κ2) is 7.31. The molecule has 2 aliphatic heterocycles. The first-order valence-electron chi connectivity index (χ1n) is 8.54. The zero-order valence-corrected chi connectivity index (χ0v) is 14.1. The number of nitrogens with zero attached hydrogens (tertiary/aromatic N) is 2. The van der Waals surface area contributed by atoms with Crippen LogP contribution in [0.5, 0.6) is 0 Å². The Morgan fingerprint density at radius 1 is 1.20 bits per heavy atom. The maximum absolute atomic E-state index is 13.1. The van der Waals surface area contributed by atoms with E-state index in [2.05, 4.69) is 0 Å². The molecule has 1 unspecified atom stereocenters. The van der Waals surface area contributed by atoms with Crippen LogP contribution in [0.4, 0.5) is 10.1 Å². The summed E-state index contributed by atoms with van der Waals surface area (Å²) in [6.45, 7) is 3.29. The van der Waals surface area contributed by atoms with Crippen molar-refractivity contribution in [2.45, 2.75) is 32.2 Å². The number of benzene rings is 1. The van der Waals surface area contributed by atoms with E-state index in [0.29, 0.717) is 38.2 Å². The van der Waals surface area contributed by atoms with Crippen molar-refractivity contribution in [2.24, 2.45) is 5.92 Å². The molecule has 1 aromatic rings. The van der Waals surface area contributed by atoms with Crippen LogP contribution in [0, 0.1) is 11.7 Å². The van der Waals surface area contributed by atoms with Crippen LogP contribution < -0.4 is 4.90 Å². The zero-order valence-electron chi connectivity index (χ0n) is 14.1. The van der Waals surface area contributed by atoms with Gasteiger partial charge in [0.25, 0.3) is 5.91 Å². The van der Waals surface area contributed by atoms with Crippen LogP contribution in [-0.4, -0.2) is 48.4 Å². The minimum Gasteiger partial charge on any atom is -0.466 e. The fraction of sp³-hybridized carbons (Fsp3) is 0.500. The number of carbonyl (C=O) groups excluding carboxylic acids is 3. The summed E-state index contributed by atoms with van der Waals surface area (Å²) >= 11 is 0. The molecule has 0 aromatic heterocycles. The first kappa shape index (κ1) is 17.5. The third-order valence-electron chi connectivity index (χ3n) is 4.80. The van der Waals surface area contributed by atoms with Crippen LogP contribution in [0.25, 0.3) is 0 Å². The van der Waals surface area contributed by atoms with Crippen LogP contribution >= 0.6 is 0 Å². The number of hydrogen-bond donors (Lipinski definition) is 0. The van der Waals surface area contributed by atoms with E-state index in [-0.39, 0.29) is 30.1 Å². The lowest BCUT2D eigenvalue weighted by molar-refractivity contribution is -0.149. The number of anilines is 1. The molecule has 2 aliphatic rings. The van der Waals surface area contributed by atoms with Gasteiger partial charge < -0.3 is 4.74 Å². The summed E-state index contributed by atoms with van der Waals surface area (Å²) < 4.78 is 18.1. The fourth-order valence-electron chi connectivity index (χ4n) is 3.47. The Hall–Kier alpha value is -2.28. The second-order valence-corrected chi connectivity index (χ2v) is 6.33. The van der Waals surface area contributed by atoms with Gasteiger partial charge in [0, 0.05) is 0 Å². The molecule has 0 saturated carbocycles. The minimum absolute atomic E-state index is 0.111. The molecule has 0 N–H and O–H groups in total. The topological polar surface area (TPSA) is 66.9 Å². The van der Waals surface area contributed by atoms with Crippen LogP contribution in [-0.2, 0) is 19.1 Å². The highest BCUT2D eigenvalue weighted by atomic mass is 19.1. The molecule has 0 radical (unpaired) electrons. The van der Waals surface area contributed by atoms with E-state index < -0.39 is 11.9 Å². The van der Waals surface area contributed by atoms with Crippen molar-refractivity contribution in [3.8, 4) is 0 Å². The number of imide groups is 1. The minimum atomic E-state index is -0.513. The number of hydrogen-bond acceptors (Lipinski definition) is 5. The van der Waals surface area contributed by atoms with E-state index >= 15 is 0 Å². The van der Waals surface area contributed by atoms with Crippen molar-refractivity contribution in [3.63, 3.8) is 0 Å². The van der Waals surface area contributed by atoms with Gasteiger partial charge in [-0.25, -0.2) is 9.29 Å². The van der Waals surface area contributed by atoms with Crippen LogP contribution in [0.2, 0.25) is 0 Å². The Kier molecular flexibility index (Phi) is 5.13. The number of rotatable bonds is 4. The molecule has 25 heavy (non-hydrogen) atoms. The summed E-state index contributed by atoms with van der Waals surface area (Å²) in [6.07, 6.45) is 1.35. The van der Waals surface area contributed by atoms with E-state index in [1.54, 1.807) is 6.92 Å². The first-order chi connectivity index (χ1) is 12.0. The Labute approximate surface area is 145 Å². The summed E-state index contributed by atoms with van der Waals surface area (Å²) in [7, 11) is 0. The van der Waals surface area contributed by atoms with Crippen LogP contribution in [0.3, 0.4) is 0 Å². The normalized spacial score (nSPS) is 22.5. The number of piperidine rings is 1. The predicted octanol–water partition coefficient (Wildman–Crippen LogP) is 1.73. The summed E-state index contributed by atoms with van der Waals surface area (Å²) in [6, 6.07) is 4.81. The Balaban J connectivity index is 1.65. The smallest absolute Gasteiger partial charge is 0.309 e. The zero-order chi connectivity index (χ0) is 18.0. The monoisotopic (exact) mass is 348 g/mol. The fourth-order valence-corrected chi connectivity index (χ4v) is 3.47. The molecule has 3 rings (SSSR count). The van der Waals surface area contributed by atoms with Gasteiger partial charge in [0.15, 0.2) is 0 Å². The summed E-state index contributed by atoms with van der Waals surface area (Å²) in [5.74, 6) is -1.32. The molecule has 134 valence electrons. The van der Waals surface area contributed by atoms with Gasteiger partial charge in [0.2, 0.25) is 5.91 Å². The molecule has 0 spiro atoms. The molecule has 7 heteroatoms. The third kappa shape index (κ3) is 3.56. The number of halogens is 1. The molecular weight excluding hydrogens is 327 g/mol. The predicted molar refractivity (Wildman–Crippen MR) is 88.2 cm³/mol. The molecule has 2 fully saturated rings. The maximum Gasteiger partial charge on any atom is 0.309 e. The van der Waals surface area contributed by atoms with Gasteiger partial charge in [-0.15, -0.1) is 0 Å². The number of amides is 2. The summed E-state index contributed by atoms with van der Waals surface area (Å²) in [5, 5.41) is 0. The van der Waals surface area contributed by atoms with Crippen LogP contribution in [0.1, 0.15) is 26.2 Å². The van der Waals surface area contributed by atoms with E-state index in [4.69, 9.17) is 4.74 Å². The van der Waals surface area contributed by atoms with Gasteiger partial charge in [-0.2, -0.15) is 0 Å². The largest absolute Gasteiger partial charge is 0.466 e. The summed E-state index contributed by atoms with van der Waals surface area (Å²) in [4.78, 5) is 39.9. The SMILES string of the molecule is CCOC(=O)C1CCN(C2CC(=O)N(c3ccc(F)cc3)C2=O)CC1. The average Bonchev–Trinajstić information content (AvgIpc) is 2.91. The molecule has 0 aliphatic carbocycles. The molecular formula is C18H21FN2O4. The molecule has 2 amide bonds. The number of ether oxygens (including phenoxy) is 1. The highest BCUT2D eigenvalue weighted by Gasteiger charge is 2.44. The Bertz CT molecular complexity index is 668. The molecule has 2 heterocycles. The number of esters is 1. The standard InChI is InChI=1S/C18H21FN2O4/c1-2-25-18(24)12-7-9-20(10-8-12)15-11-16(22)21(17(15)23)14-5-3-13(19)4-6-14/h3-6,12,15H,2,7-11H2,1H3. The van der Waals surface area contributed by atoms with Crippen molar-refractivity contribution >= 4 is 23.5 Å². The summed E-state index contributed by atoms with van der Waals surface area (Å²) in [5.41, 5.74) is 0.389. The highest BCUT2D eigenvalue weighted by Crippen LogP contribution is 2.29. The Morgan fingerprint density at radius 2 is 1.84 bits per heavy atom. The Morgan fingerprint density at radius 3 is 2.44 bits per heavy atom.